The smallest absolute Gasteiger partial charge is 0.387 e. The van der Waals surface area contributed by atoms with Crippen molar-refractivity contribution in [1.29, 1.82) is 0 Å². The van der Waals surface area contributed by atoms with E-state index in [0.29, 0.717) is 18.4 Å². The second-order valence-electron chi connectivity index (χ2n) is 10.7. The molecule has 1 aliphatic carbocycles. The number of azo groups is 1. The molecule has 6 nitrogen and oxygen atoms in total. The van der Waals surface area contributed by atoms with Gasteiger partial charge in [0.2, 0.25) is 10.0 Å². The lowest BCUT2D eigenvalue weighted by Crippen LogP contribution is -2.46. The molecule has 1 aliphatic rings. The Morgan fingerprint density at radius 3 is 2.27 bits per heavy atom. The predicted octanol–water partition coefficient (Wildman–Crippen LogP) is 7.70. The van der Waals surface area contributed by atoms with Gasteiger partial charge < -0.3 is 4.74 Å². The van der Waals surface area contributed by atoms with Crippen LogP contribution in [0.3, 0.4) is 0 Å². The molecule has 2 aromatic rings. The molecule has 0 amide bonds. The molecular formula is C29H35F4N3O3S. The minimum absolute atomic E-state index is 0.0181. The Morgan fingerprint density at radius 2 is 1.75 bits per heavy atom. The van der Waals surface area contributed by atoms with Crippen LogP contribution in [0, 0.1) is 28.4 Å². The highest BCUT2D eigenvalue weighted by Gasteiger charge is 2.53. The Morgan fingerprint density at radius 1 is 1.15 bits per heavy atom. The summed E-state index contributed by atoms with van der Waals surface area (Å²) in [6.45, 7) is 9.42. The van der Waals surface area contributed by atoms with Crippen molar-refractivity contribution in [1.82, 2.24) is 4.31 Å². The third-order valence-electron chi connectivity index (χ3n) is 8.17. The zero-order chi connectivity index (χ0) is 29.9. The summed E-state index contributed by atoms with van der Waals surface area (Å²) in [6.07, 6.45) is 2.89. The summed E-state index contributed by atoms with van der Waals surface area (Å²) in [4.78, 5) is -0.0271. The largest absolute Gasteiger partial charge is 0.435 e. The summed E-state index contributed by atoms with van der Waals surface area (Å²) < 4.78 is 86.8. The number of hydrogen-bond donors (Lipinski definition) is 0. The van der Waals surface area contributed by atoms with Gasteiger partial charge in [-0.05, 0) is 77.6 Å². The van der Waals surface area contributed by atoms with Gasteiger partial charge in [-0.2, -0.15) is 23.3 Å². The van der Waals surface area contributed by atoms with Gasteiger partial charge in [0.05, 0.1) is 16.2 Å². The van der Waals surface area contributed by atoms with E-state index in [1.807, 2.05) is 20.8 Å². The molecule has 40 heavy (non-hydrogen) atoms. The van der Waals surface area contributed by atoms with Gasteiger partial charge in [-0.1, -0.05) is 40.3 Å². The maximum Gasteiger partial charge on any atom is 0.387 e. The lowest BCUT2D eigenvalue weighted by Gasteiger charge is -2.44. The number of halogens is 4. The van der Waals surface area contributed by atoms with Crippen molar-refractivity contribution in [3.8, 4) is 5.75 Å². The maximum atomic E-state index is 14.5. The van der Waals surface area contributed by atoms with Gasteiger partial charge in [0.1, 0.15) is 17.4 Å². The van der Waals surface area contributed by atoms with Crippen LogP contribution in [-0.2, 0) is 10.0 Å². The highest BCUT2D eigenvalue weighted by atomic mass is 32.2. The van der Waals surface area contributed by atoms with Crippen molar-refractivity contribution in [3.63, 3.8) is 0 Å². The number of hydrogen-bond acceptors (Lipinski definition) is 5. The van der Waals surface area contributed by atoms with E-state index >= 15 is 0 Å². The number of ether oxygens (including phenoxy) is 1. The van der Waals surface area contributed by atoms with Gasteiger partial charge in [-0.3, -0.25) is 0 Å². The van der Waals surface area contributed by atoms with Gasteiger partial charge in [0, 0.05) is 20.1 Å². The summed E-state index contributed by atoms with van der Waals surface area (Å²) in [5.74, 6) is -1.80. The molecule has 0 bridgehead atoms. The van der Waals surface area contributed by atoms with Crippen molar-refractivity contribution >= 4 is 15.7 Å². The average Bonchev–Trinajstić information content (AvgIpc) is 3.10. The fourth-order valence-corrected chi connectivity index (χ4v) is 7.05. The fraction of sp³-hybridized carbons (Fsp3) is 0.448. The van der Waals surface area contributed by atoms with E-state index in [1.54, 1.807) is 13.0 Å². The zero-order valence-electron chi connectivity index (χ0n) is 23.3. The van der Waals surface area contributed by atoms with Crippen LogP contribution in [0.15, 0.2) is 75.8 Å². The van der Waals surface area contributed by atoms with Gasteiger partial charge in [-0.15, -0.1) is 0 Å². The second-order valence-corrected chi connectivity index (χ2v) is 12.6. The van der Waals surface area contributed by atoms with Crippen molar-refractivity contribution in [2.75, 3.05) is 20.1 Å². The lowest BCUT2D eigenvalue weighted by atomic mass is 9.64. The molecule has 218 valence electrons. The number of benzene rings is 2. The monoisotopic (exact) mass is 581 g/mol. The Hall–Kier alpha value is -3.05. The first-order chi connectivity index (χ1) is 18.7. The van der Waals surface area contributed by atoms with Crippen LogP contribution >= 0.6 is 0 Å². The van der Waals surface area contributed by atoms with Crippen LogP contribution in [0.25, 0.3) is 5.70 Å². The summed E-state index contributed by atoms with van der Waals surface area (Å²) in [7, 11) is -2.53. The molecule has 0 radical (unpaired) electrons. The second kappa shape index (κ2) is 12.2. The molecule has 0 aliphatic heterocycles. The van der Waals surface area contributed by atoms with E-state index in [4.69, 9.17) is 0 Å². The first kappa shape index (κ1) is 31.5. The molecule has 3 rings (SSSR count). The molecule has 0 saturated heterocycles. The first-order valence-electron chi connectivity index (χ1n) is 12.9. The number of sulfonamides is 1. The normalized spacial score (nSPS) is 21.5. The van der Waals surface area contributed by atoms with Crippen molar-refractivity contribution in [2.45, 2.75) is 52.0 Å². The SMILES string of the molecule is C=C(/C=C(\N=N/C)c1c(F)cccc1F)C1CCC(C)(CN(CC)S(=O)(=O)c2ccc(OC(F)F)cc2)C1(C)C. The van der Waals surface area contributed by atoms with Gasteiger partial charge in [-0.25, -0.2) is 17.2 Å². The molecule has 1 fully saturated rings. The third-order valence-corrected chi connectivity index (χ3v) is 10.1. The highest BCUT2D eigenvalue weighted by molar-refractivity contribution is 7.89. The molecule has 1 saturated carbocycles. The Bertz CT molecular complexity index is 1370. The van der Waals surface area contributed by atoms with E-state index in [-0.39, 0.29) is 40.9 Å². The number of allylic oxidation sites excluding steroid dienone is 2. The van der Waals surface area contributed by atoms with E-state index in [0.717, 1.165) is 12.1 Å². The quantitative estimate of drug-likeness (QED) is 0.155. The van der Waals surface area contributed by atoms with Gasteiger partial charge in [0.25, 0.3) is 0 Å². The molecule has 0 heterocycles. The average molecular weight is 582 g/mol. The summed E-state index contributed by atoms with van der Waals surface area (Å²) >= 11 is 0. The third kappa shape index (κ3) is 6.30. The van der Waals surface area contributed by atoms with E-state index in [2.05, 4.69) is 21.5 Å². The number of nitrogens with zero attached hydrogens (tertiary/aromatic N) is 3. The molecule has 2 aromatic carbocycles. The van der Waals surface area contributed by atoms with Crippen LogP contribution in [0.1, 0.15) is 46.1 Å². The summed E-state index contributed by atoms with van der Waals surface area (Å²) in [6, 6.07) is 8.46. The van der Waals surface area contributed by atoms with Crippen LogP contribution < -0.4 is 4.74 Å². The number of alkyl halides is 2. The first-order valence-corrected chi connectivity index (χ1v) is 14.3. The highest BCUT2D eigenvalue weighted by Crippen LogP contribution is 2.58. The molecule has 0 N–H and O–H groups in total. The Kier molecular flexibility index (Phi) is 9.62. The van der Waals surface area contributed by atoms with Gasteiger partial charge in [0.15, 0.2) is 0 Å². The molecule has 2 atom stereocenters. The topological polar surface area (TPSA) is 71.3 Å². The summed E-state index contributed by atoms with van der Waals surface area (Å²) in [5, 5.41) is 7.70. The fourth-order valence-electron chi connectivity index (χ4n) is 5.47. The van der Waals surface area contributed by atoms with Crippen molar-refractivity contribution in [3.05, 3.63) is 77.9 Å². The Balaban J connectivity index is 1.88. The van der Waals surface area contributed by atoms with Crippen LogP contribution in [0.5, 0.6) is 5.75 Å². The standard InChI is InChI=1S/C29H35F4N3O3S/c1-7-36(40(37,38)21-13-11-20(12-14-21)39-27(32)33)18-29(5)16-15-22(28(29,3)4)19(2)17-25(35-34-6)26-23(30)9-8-10-24(26)31/h8-14,17,22,27H,2,7,15-16,18H2,1,3-6H3/b25-17-,35-34-. The molecular weight excluding hydrogens is 546 g/mol. The van der Waals surface area contributed by atoms with Crippen molar-refractivity contribution < 1.29 is 30.7 Å². The van der Waals surface area contributed by atoms with Gasteiger partial charge >= 0.3 is 6.61 Å². The van der Waals surface area contributed by atoms with Crippen LogP contribution in [0.4, 0.5) is 17.6 Å². The predicted molar refractivity (Wildman–Crippen MR) is 146 cm³/mol. The molecule has 0 spiro atoms. The van der Waals surface area contributed by atoms with E-state index < -0.39 is 39.1 Å². The van der Waals surface area contributed by atoms with E-state index in [1.165, 1.54) is 41.7 Å². The van der Waals surface area contributed by atoms with Crippen molar-refractivity contribution in [2.24, 2.45) is 27.0 Å². The minimum atomic E-state index is -3.94. The van der Waals surface area contributed by atoms with Crippen LogP contribution in [0.2, 0.25) is 0 Å². The molecule has 11 heteroatoms. The Labute approximate surface area is 233 Å². The molecule has 2 unspecified atom stereocenters. The number of rotatable bonds is 11. The zero-order valence-corrected chi connectivity index (χ0v) is 24.1. The molecule has 0 aromatic heterocycles. The maximum absolute atomic E-state index is 14.5. The summed E-state index contributed by atoms with van der Waals surface area (Å²) in [5.41, 5.74) is -0.628. The van der Waals surface area contributed by atoms with E-state index in [9.17, 15) is 26.0 Å². The minimum Gasteiger partial charge on any atom is -0.435 e. The van der Waals surface area contributed by atoms with Crippen LogP contribution in [-0.4, -0.2) is 39.5 Å². The lowest BCUT2D eigenvalue weighted by molar-refractivity contribution is -0.0498.